The highest BCUT2D eigenvalue weighted by Gasteiger charge is 1.99. The largest absolute Gasteiger partial charge is 0.478 e. The Morgan fingerprint density at radius 2 is 2.08 bits per heavy atom. The van der Waals surface area contributed by atoms with Crippen LogP contribution < -0.4 is 0 Å². The van der Waals surface area contributed by atoms with Crippen LogP contribution in [0.5, 0.6) is 0 Å². The molecule has 0 amide bonds. The van der Waals surface area contributed by atoms with E-state index in [2.05, 4.69) is 6.58 Å². The zero-order valence-electron chi connectivity index (χ0n) is 7.03. The van der Waals surface area contributed by atoms with E-state index >= 15 is 0 Å². The highest BCUT2D eigenvalue weighted by Crippen LogP contribution is 1.97. The predicted molar refractivity (Wildman–Crippen MR) is 49.9 cm³/mol. The Hall–Kier alpha value is -1.57. The average molecular weight is 164 g/mol. The molecule has 0 aromatic heterocycles. The van der Waals surface area contributed by atoms with E-state index in [4.69, 9.17) is 5.11 Å². The fourth-order valence-electron chi connectivity index (χ4n) is 0.570. The summed E-state index contributed by atoms with van der Waals surface area (Å²) in [7, 11) is 0. The van der Waals surface area contributed by atoms with Crippen molar-refractivity contribution in [1.82, 2.24) is 0 Å². The normalized spacial score (nSPS) is 12.6. The zero-order valence-corrected chi connectivity index (χ0v) is 7.03. The molecule has 0 aliphatic heterocycles. The van der Waals surface area contributed by atoms with Gasteiger partial charge in [0.1, 0.15) is 0 Å². The Balaban J connectivity index is 4.54. The van der Waals surface area contributed by atoms with E-state index in [9.17, 15) is 4.79 Å². The minimum absolute atomic E-state index is 0.244. The molecule has 0 saturated carbocycles. The van der Waals surface area contributed by atoms with Crippen molar-refractivity contribution in [2.75, 3.05) is 0 Å². The van der Waals surface area contributed by atoms with E-state index in [0.717, 1.165) is 0 Å². The molecule has 12 heavy (non-hydrogen) atoms. The Morgan fingerprint density at radius 1 is 1.42 bits per heavy atom. The number of hydrogen-bond donors (Lipinski definition) is 1. The van der Waals surface area contributed by atoms with Gasteiger partial charge in [0.15, 0.2) is 0 Å². The van der Waals surface area contributed by atoms with Crippen LogP contribution in [-0.4, -0.2) is 11.1 Å². The lowest BCUT2D eigenvalue weighted by molar-refractivity contribution is -0.132. The van der Waals surface area contributed by atoms with E-state index in [0.29, 0.717) is 0 Å². The van der Waals surface area contributed by atoms with E-state index in [1.807, 2.05) is 6.92 Å². The van der Waals surface area contributed by atoms with Gasteiger partial charge in [0.05, 0.1) is 5.57 Å². The van der Waals surface area contributed by atoms with Gasteiger partial charge in [-0.15, -0.1) is 0 Å². The quantitative estimate of drug-likeness (QED) is 0.511. The van der Waals surface area contributed by atoms with Crippen molar-refractivity contribution in [3.63, 3.8) is 0 Å². The van der Waals surface area contributed by atoms with Gasteiger partial charge in [0.25, 0.3) is 0 Å². The van der Waals surface area contributed by atoms with E-state index < -0.39 is 5.97 Å². The van der Waals surface area contributed by atoms with Gasteiger partial charge in [0, 0.05) is 0 Å². The van der Waals surface area contributed by atoms with Crippen LogP contribution in [-0.2, 0) is 4.79 Å². The Bertz CT molecular complexity index is 245. The minimum Gasteiger partial charge on any atom is -0.478 e. The van der Waals surface area contributed by atoms with Gasteiger partial charge in [-0.25, -0.2) is 4.79 Å². The smallest absolute Gasteiger partial charge is 0.335 e. The van der Waals surface area contributed by atoms with Gasteiger partial charge < -0.3 is 5.11 Å². The third kappa shape index (κ3) is 4.28. The molecule has 0 saturated heterocycles. The van der Waals surface area contributed by atoms with Gasteiger partial charge >= 0.3 is 5.97 Å². The lowest BCUT2D eigenvalue weighted by Gasteiger charge is -1.89. The van der Waals surface area contributed by atoms with Gasteiger partial charge in [-0.2, -0.15) is 0 Å². The summed E-state index contributed by atoms with van der Waals surface area (Å²) in [6.45, 7) is 5.27. The van der Waals surface area contributed by atoms with Crippen molar-refractivity contribution < 1.29 is 9.90 Å². The maximum Gasteiger partial charge on any atom is 0.335 e. The molecular weight excluding hydrogens is 152 g/mol. The molecule has 1 N–H and O–H groups in total. The molecule has 0 radical (unpaired) electrons. The third-order valence-corrected chi connectivity index (χ3v) is 1.13. The summed E-state index contributed by atoms with van der Waals surface area (Å²) in [4.78, 5) is 10.5. The molecule has 0 spiro atoms. The van der Waals surface area contributed by atoms with Crippen LogP contribution >= 0.6 is 0 Å². The first-order valence-corrected chi connectivity index (χ1v) is 3.57. The molecule has 0 fully saturated rings. The second-order valence-corrected chi connectivity index (χ2v) is 2.05. The van der Waals surface area contributed by atoms with Crippen LogP contribution in [0.3, 0.4) is 0 Å². The second kappa shape index (κ2) is 6.16. The summed E-state index contributed by atoms with van der Waals surface area (Å²) in [6.07, 6.45) is 9.59. The van der Waals surface area contributed by atoms with Gasteiger partial charge in [-0.3, -0.25) is 0 Å². The number of carbonyl (C=O) groups is 1. The molecule has 0 aliphatic carbocycles. The van der Waals surface area contributed by atoms with Crippen molar-refractivity contribution in [3.05, 3.63) is 48.6 Å². The van der Waals surface area contributed by atoms with Gasteiger partial charge in [-0.05, 0) is 19.1 Å². The zero-order chi connectivity index (χ0) is 9.40. The third-order valence-electron chi connectivity index (χ3n) is 1.13. The standard InChI is InChI=1S/C10H12O2/c1-3-5-7-9(10(11)12)8-6-4-2/h3-8H,1H2,2H3,(H,11,12)/b6-4+,7-5+,9-8+. The molecule has 0 unspecified atom stereocenters. The predicted octanol–water partition coefficient (Wildman–Crippen LogP) is 2.32. The lowest BCUT2D eigenvalue weighted by Crippen LogP contribution is -1.96. The Labute approximate surface area is 72.2 Å². The molecule has 2 nitrogen and oxygen atoms in total. The van der Waals surface area contributed by atoms with Crippen LogP contribution in [0.25, 0.3) is 0 Å². The van der Waals surface area contributed by atoms with Gasteiger partial charge in [-0.1, -0.05) is 30.9 Å². The molecule has 0 aliphatic rings. The fourth-order valence-corrected chi connectivity index (χ4v) is 0.570. The highest BCUT2D eigenvalue weighted by atomic mass is 16.4. The van der Waals surface area contributed by atoms with Crippen LogP contribution in [0.4, 0.5) is 0 Å². The maximum atomic E-state index is 10.5. The minimum atomic E-state index is -0.939. The molecular formula is C10H12O2. The van der Waals surface area contributed by atoms with Gasteiger partial charge in [0.2, 0.25) is 0 Å². The summed E-state index contributed by atoms with van der Waals surface area (Å²) in [5.74, 6) is -0.939. The Morgan fingerprint density at radius 3 is 2.50 bits per heavy atom. The molecule has 0 atom stereocenters. The number of rotatable bonds is 4. The Kier molecular flexibility index (Phi) is 5.35. The maximum absolute atomic E-state index is 10.5. The number of aliphatic carboxylic acids is 1. The lowest BCUT2D eigenvalue weighted by atomic mass is 10.2. The van der Waals surface area contributed by atoms with Crippen LogP contribution in [0.15, 0.2) is 48.6 Å². The molecule has 0 heterocycles. The molecule has 0 rings (SSSR count). The van der Waals surface area contributed by atoms with Crippen molar-refractivity contribution in [3.8, 4) is 0 Å². The number of hydrogen-bond acceptors (Lipinski definition) is 1. The molecule has 0 aromatic rings. The summed E-state index contributed by atoms with van der Waals surface area (Å²) in [5.41, 5.74) is 0.244. The summed E-state index contributed by atoms with van der Waals surface area (Å²) in [6, 6.07) is 0. The summed E-state index contributed by atoms with van der Waals surface area (Å²) >= 11 is 0. The van der Waals surface area contributed by atoms with Crippen molar-refractivity contribution >= 4 is 5.97 Å². The number of carboxylic acids is 1. The first-order chi connectivity index (χ1) is 5.72. The summed E-state index contributed by atoms with van der Waals surface area (Å²) < 4.78 is 0. The van der Waals surface area contributed by atoms with E-state index in [-0.39, 0.29) is 5.57 Å². The first-order valence-electron chi connectivity index (χ1n) is 3.57. The SMILES string of the molecule is C=C/C=C/C(=C\C=C\C)C(=O)O. The van der Waals surface area contributed by atoms with E-state index in [1.54, 1.807) is 18.2 Å². The number of allylic oxidation sites excluding steroid dienone is 5. The van der Waals surface area contributed by atoms with Crippen LogP contribution in [0.2, 0.25) is 0 Å². The fraction of sp³-hybridized carbons (Fsp3) is 0.100. The molecule has 0 bridgehead atoms. The first kappa shape index (κ1) is 10.4. The highest BCUT2D eigenvalue weighted by molar-refractivity contribution is 5.90. The number of carboxylic acid groups (broad SMARTS) is 1. The topological polar surface area (TPSA) is 37.3 Å². The van der Waals surface area contributed by atoms with Crippen LogP contribution in [0.1, 0.15) is 6.92 Å². The molecule has 64 valence electrons. The summed E-state index contributed by atoms with van der Waals surface area (Å²) in [5, 5.41) is 8.64. The molecule has 2 heteroatoms. The molecule has 0 aromatic carbocycles. The average Bonchev–Trinajstić information content (AvgIpc) is 2.04. The van der Waals surface area contributed by atoms with Crippen molar-refractivity contribution in [1.29, 1.82) is 0 Å². The van der Waals surface area contributed by atoms with Crippen molar-refractivity contribution in [2.45, 2.75) is 6.92 Å². The van der Waals surface area contributed by atoms with Crippen LogP contribution in [0, 0.1) is 0 Å². The second-order valence-electron chi connectivity index (χ2n) is 2.05. The van der Waals surface area contributed by atoms with E-state index in [1.165, 1.54) is 18.2 Å². The monoisotopic (exact) mass is 164 g/mol. The van der Waals surface area contributed by atoms with Crippen molar-refractivity contribution in [2.24, 2.45) is 0 Å².